The number of hydrogen-bond acceptors (Lipinski definition) is 5. The number of ether oxygens (including phenoxy) is 1. The Hall–Kier alpha value is -2.08. The first-order valence-corrected chi connectivity index (χ1v) is 7.47. The number of fused-ring (bicyclic) bond motifs is 1. The van der Waals surface area contributed by atoms with Crippen LogP contribution < -0.4 is 15.4 Å². The van der Waals surface area contributed by atoms with Gasteiger partial charge in [-0.1, -0.05) is 18.2 Å². The molecule has 2 aromatic rings. The van der Waals surface area contributed by atoms with Crippen LogP contribution in [0.25, 0.3) is 0 Å². The van der Waals surface area contributed by atoms with Crippen LogP contribution in [0.2, 0.25) is 0 Å². The highest BCUT2D eigenvalue weighted by Gasteiger charge is 2.28. The molecule has 2 aliphatic rings. The zero-order valence-electron chi connectivity index (χ0n) is 11.8. The molecule has 0 amide bonds. The smallest absolute Gasteiger partial charge is 0.244 e. The molecule has 1 fully saturated rings. The fourth-order valence-electron chi connectivity index (χ4n) is 2.98. The summed E-state index contributed by atoms with van der Waals surface area (Å²) in [5.41, 5.74) is 7.16. The molecule has 1 atom stereocenters. The quantitative estimate of drug-likeness (QED) is 0.872. The summed E-state index contributed by atoms with van der Waals surface area (Å²) in [5.74, 6) is 2.51. The van der Waals surface area contributed by atoms with Gasteiger partial charge in [-0.2, -0.15) is 4.98 Å². The summed E-state index contributed by atoms with van der Waals surface area (Å²) < 4.78 is 5.94. The maximum absolute atomic E-state index is 5.94. The SMILES string of the molecule is NC1CCN(c2n[nH]c(C3Cc4ccccc4O3)n2)CC1. The zero-order chi connectivity index (χ0) is 14.2. The van der Waals surface area contributed by atoms with Crippen molar-refractivity contribution in [2.75, 3.05) is 18.0 Å². The fraction of sp³-hybridized carbons (Fsp3) is 0.467. The van der Waals surface area contributed by atoms with E-state index in [9.17, 15) is 0 Å². The minimum Gasteiger partial charge on any atom is -0.482 e. The van der Waals surface area contributed by atoms with E-state index in [1.807, 2.05) is 18.2 Å². The highest BCUT2D eigenvalue weighted by molar-refractivity contribution is 5.38. The molecule has 3 N–H and O–H groups in total. The molecular weight excluding hydrogens is 266 g/mol. The summed E-state index contributed by atoms with van der Waals surface area (Å²) in [5, 5.41) is 7.37. The molecule has 1 saturated heterocycles. The third-order valence-electron chi connectivity index (χ3n) is 4.27. The van der Waals surface area contributed by atoms with Crippen LogP contribution in [0.3, 0.4) is 0 Å². The lowest BCUT2D eigenvalue weighted by molar-refractivity contribution is 0.228. The van der Waals surface area contributed by atoms with E-state index in [4.69, 9.17) is 10.5 Å². The number of aromatic nitrogens is 3. The van der Waals surface area contributed by atoms with Crippen molar-refractivity contribution in [1.29, 1.82) is 0 Å². The summed E-state index contributed by atoms with van der Waals surface area (Å²) in [6.45, 7) is 1.84. The standard InChI is InChI=1S/C15H19N5O/c16-11-5-7-20(8-6-11)15-17-14(18-19-15)13-9-10-3-1-2-4-12(10)21-13/h1-4,11,13H,5-9,16H2,(H,17,18,19). The van der Waals surface area contributed by atoms with Gasteiger partial charge in [0.1, 0.15) is 5.75 Å². The molecule has 2 aliphatic heterocycles. The fourth-order valence-corrected chi connectivity index (χ4v) is 2.98. The Labute approximate surface area is 123 Å². The largest absolute Gasteiger partial charge is 0.482 e. The molecule has 21 heavy (non-hydrogen) atoms. The normalized spacial score (nSPS) is 22.1. The number of nitrogens with two attached hydrogens (primary N) is 1. The van der Waals surface area contributed by atoms with Gasteiger partial charge in [-0.25, -0.2) is 0 Å². The van der Waals surface area contributed by atoms with Crippen molar-refractivity contribution >= 4 is 5.95 Å². The number of piperidine rings is 1. The number of aromatic amines is 1. The molecule has 0 spiro atoms. The van der Waals surface area contributed by atoms with E-state index in [2.05, 4.69) is 26.1 Å². The van der Waals surface area contributed by atoms with Gasteiger partial charge in [-0.05, 0) is 24.5 Å². The lowest BCUT2D eigenvalue weighted by Gasteiger charge is -2.28. The first-order chi connectivity index (χ1) is 10.3. The lowest BCUT2D eigenvalue weighted by Crippen LogP contribution is -2.40. The number of anilines is 1. The molecule has 0 aliphatic carbocycles. The Balaban J connectivity index is 1.49. The average molecular weight is 285 g/mol. The summed E-state index contributed by atoms with van der Waals surface area (Å²) >= 11 is 0. The number of para-hydroxylation sites is 1. The van der Waals surface area contributed by atoms with E-state index >= 15 is 0 Å². The van der Waals surface area contributed by atoms with Crippen LogP contribution in [0.5, 0.6) is 5.75 Å². The molecule has 6 nitrogen and oxygen atoms in total. The molecule has 0 saturated carbocycles. The summed E-state index contributed by atoms with van der Waals surface area (Å²) in [4.78, 5) is 6.80. The minimum atomic E-state index is -0.0595. The number of hydrogen-bond donors (Lipinski definition) is 2. The van der Waals surface area contributed by atoms with Crippen LogP contribution in [-0.2, 0) is 6.42 Å². The van der Waals surface area contributed by atoms with Crippen molar-refractivity contribution < 1.29 is 4.74 Å². The lowest BCUT2D eigenvalue weighted by atomic mass is 10.1. The first kappa shape index (κ1) is 12.6. The number of rotatable bonds is 2. The Bertz CT molecular complexity index is 607. The van der Waals surface area contributed by atoms with Crippen molar-refractivity contribution in [3.8, 4) is 5.75 Å². The van der Waals surface area contributed by atoms with Gasteiger partial charge < -0.3 is 15.4 Å². The molecule has 1 aromatic heterocycles. The Morgan fingerprint density at radius 2 is 2.05 bits per heavy atom. The van der Waals surface area contributed by atoms with Gasteiger partial charge >= 0.3 is 0 Å². The van der Waals surface area contributed by atoms with Crippen LogP contribution in [0.15, 0.2) is 24.3 Å². The van der Waals surface area contributed by atoms with Gasteiger partial charge in [-0.3, -0.25) is 5.10 Å². The van der Waals surface area contributed by atoms with Crippen molar-refractivity contribution in [2.24, 2.45) is 5.73 Å². The minimum absolute atomic E-state index is 0.0595. The molecule has 4 rings (SSSR count). The van der Waals surface area contributed by atoms with Gasteiger partial charge in [0.2, 0.25) is 5.95 Å². The molecule has 0 radical (unpaired) electrons. The van der Waals surface area contributed by atoms with E-state index in [0.717, 1.165) is 49.9 Å². The second-order valence-corrected chi connectivity index (χ2v) is 5.76. The Kier molecular flexibility index (Phi) is 3.03. The van der Waals surface area contributed by atoms with Gasteiger partial charge in [0.05, 0.1) is 0 Å². The van der Waals surface area contributed by atoms with Gasteiger partial charge in [0.15, 0.2) is 11.9 Å². The summed E-state index contributed by atoms with van der Waals surface area (Å²) in [7, 11) is 0. The maximum atomic E-state index is 5.94. The Morgan fingerprint density at radius 3 is 2.86 bits per heavy atom. The van der Waals surface area contributed by atoms with E-state index in [1.165, 1.54) is 5.56 Å². The topological polar surface area (TPSA) is 80.1 Å². The predicted octanol–water partition coefficient (Wildman–Crippen LogP) is 1.41. The van der Waals surface area contributed by atoms with Crippen LogP contribution >= 0.6 is 0 Å². The van der Waals surface area contributed by atoms with Gasteiger partial charge in [0.25, 0.3) is 0 Å². The van der Waals surface area contributed by atoms with E-state index < -0.39 is 0 Å². The molecule has 1 unspecified atom stereocenters. The molecule has 1 aromatic carbocycles. The number of nitrogens with one attached hydrogen (secondary N) is 1. The van der Waals surface area contributed by atoms with Crippen LogP contribution in [-0.4, -0.2) is 34.3 Å². The second kappa shape index (κ2) is 5.04. The highest BCUT2D eigenvalue weighted by atomic mass is 16.5. The second-order valence-electron chi connectivity index (χ2n) is 5.76. The van der Waals surface area contributed by atoms with E-state index in [1.54, 1.807) is 0 Å². The predicted molar refractivity (Wildman–Crippen MR) is 79.3 cm³/mol. The molecule has 110 valence electrons. The van der Waals surface area contributed by atoms with Crippen molar-refractivity contribution in [1.82, 2.24) is 15.2 Å². The third kappa shape index (κ3) is 2.35. The van der Waals surface area contributed by atoms with E-state index in [0.29, 0.717) is 6.04 Å². The van der Waals surface area contributed by atoms with Crippen LogP contribution in [0, 0.1) is 0 Å². The van der Waals surface area contributed by atoms with Crippen LogP contribution in [0.1, 0.15) is 30.3 Å². The maximum Gasteiger partial charge on any atom is 0.244 e. The number of H-pyrrole nitrogens is 1. The molecule has 3 heterocycles. The van der Waals surface area contributed by atoms with Crippen molar-refractivity contribution in [2.45, 2.75) is 31.4 Å². The van der Waals surface area contributed by atoms with E-state index in [-0.39, 0.29) is 6.10 Å². The number of benzene rings is 1. The molecular formula is C15H19N5O. The first-order valence-electron chi connectivity index (χ1n) is 7.47. The van der Waals surface area contributed by atoms with Crippen molar-refractivity contribution in [3.63, 3.8) is 0 Å². The zero-order valence-corrected chi connectivity index (χ0v) is 11.8. The average Bonchev–Trinajstić information content (AvgIpc) is 3.14. The highest BCUT2D eigenvalue weighted by Crippen LogP contribution is 2.35. The third-order valence-corrected chi connectivity index (χ3v) is 4.27. The van der Waals surface area contributed by atoms with Crippen molar-refractivity contribution in [3.05, 3.63) is 35.7 Å². The molecule has 6 heteroatoms. The van der Waals surface area contributed by atoms with Gasteiger partial charge in [0, 0.05) is 25.6 Å². The number of nitrogens with zero attached hydrogens (tertiary/aromatic N) is 3. The molecule has 0 bridgehead atoms. The summed E-state index contributed by atoms with van der Waals surface area (Å²) in [6, 6.07) is 8.43. The summed E-state index contributed by atoms with van der Waals surface area (Å²) in [6.07, 6.45) is 2.77. The monoisotopic (exact) mass is 285 g/mol. The van der Waals surface area contributed by atoms with Crippen LogP contribution in [0.4, 0.5) is 5.95 Å². The van der Waals surface area contributed by atoms with Gasteiger partial charge in [-0.15, -0.1) is 5.10 Å². The Morgan fingerprint density at radius 1 is 1.24 bits per heavy atom.